The maximum absolute atomic E-state index is 9.46. The Morgan fingerprint density at radius 2 is 1.91 bits per heavy atom. The van der Waals surface area contributed by atoms with E-state index in [9.17, 15) is 5.26 Å². The van der Waals surface area contributed by atoms with Crippen molar-refractivity contribution in [3.63, 3.8) is 0 Å². The minimum Gasteiger partial charge on any atom is -0.347 e. The van der Waals surface area contributed by atoms with Gasteiger partial charge in [-0.15, -0.1) is 0 Å². The molecule has 1 saturated heterocycles. The predicted octanol–water partition coefficient (Wildman–Crippen LogP) is 2.67. The van der Waals surface area contributed by atoms with Crippen molar-refractivity contribution >= 4 is 0 Å². The van der Waals surface area contributed by atoms with Gasteiger partial charge in [0.05, 0.1) is 18.9 Å². The molecule has 23 heavy (non-hydrogen) atoms. The molecule has 5 heteroatoms. The minimum atomic E-state index is -0.443. The smallest absolute Gasteiger partial charge is 0.173 e. The summed E-state index contributed by atoms with van der Waals surface area (Å²) in [4.78, 5) is 0. The molecule has 0 radical (unpaired) electrons. The van der Waals surface area contributed by atoms with Crippen LogP contribution in [0.5, 0.6) is 0 Å². The summed E-state index contributed by atoms with van der Waals surface area (Å²) in [5.74, 6) is -0.00239. The zero-order valence-corrected chi connectivity index (χ0v) is 14.5. The molecule has 124 valence electrons. The van der Waals surface area contributed by atoms with Gasteiger partial charge in [0.2, 0.25) is 0 Å². The number of rotatable bonds is 0. The van der Waals surface area contributed by atoms with Crippen LogP contribution < -0.4 is 0 Å². The van der Waals surface area contributed by atoms with E-state index in [-0.39, 0.29) is 10.8 Å². The average Bonchev–Trinajstić information content (AvgIpc) is 3.10. The van der Waals surface area contributed by atoms with E-state index in [4.69, 9.17) is 14.6 Å². The lowest BCUT2D eigenvalue weighted by molar-refractivity contribution is -0.276. The van der Waals surface area contributed by atoms with Crippen LogP contribution in [0.2, 0.25) is 0 Å². The third kappa shape index (κ3) is 1.71. The highest BCUT2D eigenvalue weighted by atomic mass is 16.7. The van der Waals surface area contributed by atoms with Crippen LogP contribution in [0.4, 0.5) is 0 Å². The molecule has 2 heterocycles. The molecule has 1 aromatic heterocycles. The van der Waals surface area contributed by atoms with Gasteiger partial charge in [-0.2, -0.15) is 10.4 Å². The molecule has 2 fully saturated rings. The van der Waals surface area contributed by atoms with E-state index in [1.807, 2.05) is 7.05 Å². The van der Waals surface area contributed by atoms with E-state index in [2.05, 4.69) is 26.8 Å². The molecule has 2 atom stereocenters. The number of hydrogen-bond acceptors (Lipinski definition) is 4. The van der Waals surface area contributed by atoms with Crippen LogP contribution >= 0.6 is 0 Å². The van der Waals surface area contributed by atoms with Crippen LogP contribution in [-0.2, 0) is 28.4 Å². The second-order valence-electron chi connectivity index (χ2n) is 8.09. The summed E-state index contributed by atoms with van der Waals surface area (Å²) < 4.78 is 14.0. The second kappa shape index (κ2) is 4.58. The lowest BCUT2D eigenvalue weighted by atomic mass is 9.49. The van der Waals surface area contributed by atoms with Gasteiger partial charge < -0.3 is 9.47 Å². The fraction of sp³-hybridized carbons (Fsp3) is 0.778. The molecule has 1 saturated carbocycles. The lowest BCUT2D eigenvalue weighted by Crippen LogP contribution is -2.61. The van der Waals surface area contributed by atoms with Gasteiger partial charge in [0.15, 0.2) is 5.79 Å². The highest BCUT2D eigenvalue weighted by Gasteiger charge is 2.64. The molecule has 0 N–H and O–H groups in total. The summed E-state index contributed by atoms with van der Waals surface area (Å²) in [6.45, 7) is 8.30. The second-order valence-corrected chi connectivity index (χ2v) is 8.09. The van der Waals surface area contributed by atoms with Gasteiger partial charge in [0.25, 0.3) is 0 Å². The molecule has 0 amide bonds. The molecule has 4 rings (SSSR count). The van der Waals surface area contributed by atoms with Gasteiger partial charge in [0, 0.05) is 29.9 Å². The Morgan fingerprint density at radius 3 is 2.57 bits per heavy atom. The number of ether oxygens (including phenoxy) is 2. The molecule has 1 aliphatic heterocycles. The summed E-state index contributed by atoms with van der Waals surface area (Å²) in [7, 11) is 1.88. The van der Waals surface area contributed by atoms with Crippen LogP contribution in [-0.4, -0.2) is 28.8 Å². The quantitative estimate of drug-likeness (QED) is 0.738. The maximum Gasteiger partial charge on any atom is 0.173 e. The third-order valence-corrected chi connectivity index (χ3v) is 6.82. The number of hydrogen-bond donors (Lipinski definition) is 0. The topological polar surface area (TPSA) is 60.1 Å². The van der Waals surface area contributed by atoms with Gasteiger partial charge in [-0.3, -0.25) is 4.68 Å². The molecule has 2 aliphatic carbocycles. The van der Waals surface area contributed by atoms with Crippen molar-refractivity contribution in [2.24, 2.45) is 18.4 Å². The van der Waals surface area contributed by atoms with Crippen LogP contribution in [0.3, 0.4) is 0 Å². The number of nitrogens with zero attached hydrogens (tertiary/aromatic N) is 3. The molecular weight excluding hydrogens is 290 g/mol. The largest absolute Gasteiger partial charge is 0.347 e. The first-order chi connectivity index (χ1) is 10.9. The molecule has 5 nitrogen and oxygen atoms in total. The summed E-state index contributed by atoms with van der Waals surface area (Å²) >= 11 is 0. The first kappa shape index (κ1) is 15.2. The van der Waals surface area contributed by atoms with Crippen molar-refractivity contribution < 1.29 is 9.47 Å². The monoisotopic (exact) mass is 315 g/mol. The van der Waals surface area contributed by atoms with Gasteiger partial charge in [-0.05, 0) is 25.2 Å². The van der Waals surface area contributed by atoms with E-state index < -0.39 is 5.79 Å². The van der Waals surface area contributed by atoms with Crippen LogP contribution in [0, 0.1) is 22.7 Å². The van der Waals surface area contributed by atoms with Gasteiger partial charge in [-0.1, -0.05) is 20.8 Å². The van der Waals surface area contributed by atoms with E-state index in [1.165, 1.54) is 0 Å². The molecule has 0 aromatic carbocycles. The number of aryl methyl sites for hydroxylation is 1. The van der Waals surface area contributed by atoms with E-state index in [1.54, 1.807) is 4.68 Å². The van der Waals surface area contributed by atoms with Crippen molar-refractivity contribution in [2.45, 2.75) is 57.7 Å². The Balaban J connectivity index is 1.83. The third-order valence-electron chi connectivity index (χ3n) is 6.82. The molecule has 0 bridgehead atoms. The highest BCUT2D eigenvalue weighted by molar-refractivity contribution is 5.42. The Morgan fingerprint density at radius 1 is 1.22 bits per heavy atom. The zero-order valence-electron chi connectivity index (χ0n) is 14.5. The molecule has 1 spiro atoms. The summed E-state index contributed by atoms with van der Waals surface area (Å²) in [6.07, 6.45) is 3.87. The highest BCUT2D eigenvalue weighted by Crippen LogP contribution is 2.62. The SMILES string of the molecule is Cn1nc2c(c1C#N)CC[C@@H]1C2(C)CCC2(OCCO2)C1(C)C. The standard InChI is InChI=1S/C18H25N3O2/c1-16(2)14-6-5-12-13(11-19)21(4)20-15(12)17(14,3)7-8-18(16)22-9-10-23-18/h14H,5-10H2,1-4H3/t14-,17?/m0/s1. The van der Waals surface area contributed by atoms with Crippen LogP contribution in [0.25, 0.3) is 0 Å². The first-order valence-corrected chi connectivity index (χ1v) is 8.60. The van der Waals surface area contributed by atoms with Crippen molar-refractivity contribution in [1.82, 2.24) is 9.78 Å². The van der Waals surface area contributed by atoms with Gasteiger partial charge in [0.1, 0.15) is 11.8 Å². The average molecular weight is 315 g/mol. The maximum atomic E-state index is 9.46. The van der Waals surface area contributed by atoms with Crippen molar-refractivity contribution in [3.05, 3.63) is 17.0 Å². The number of fused-ring (bicyclic) bond motifs is 3. The number of aromatic nitrogens is 2. The van der Waals surface area contributed by atoms with Gasteiger partial charge >= 0.3 is 0 Å². The van der Waals surface area contributed by atoms with Gasteiger partial charge in [-0.25, -0.2) is 0 Å². The van der Waals surface area contributed by atoms with Crippen LogP contribution in [0.1, 0.15) is 57.0 Å². The molecular formula is C18H25N3O2. The Labute approximate surface area is 137 Å². The summed E-state index contributed by atoms with van der Waals surface area (Å²) in [5.41, 5.74) is 2.94. The molecule has 3 aliphatic rings. The Hall–Kier alpha value is -1.38. The Bertz CT molecular complexity index is 694. The molecule has 1 unspecified atom stereocenters. The summed E-state index contributed by atoms with van der Waals surface area (Å²) in [6, 6.07) is 2.34. The zero-order chi connectivity index (χ0) is 16.5. The normalized spacial score (nSPS) is 34.0. The van der Waals surface area contributed by atoms with E-state index >= 15 is 0 Å². The van der Waals surface area contributed by atoms with Crippen molar-refractivity contribution in [1.29, 1.82) is 5.26 Å². The lowest BCUT2D eigenvalue weighted by Gasteiger charge is -2.59. The molecule has 1 aromatic rings. The van der Waals surface area contributed by atoms with Crippen molar-refractivity contribution in [2.75, 3.05) is 13.2 Å². The first-order valence-electron chi connectivity index (χ1n) is 8.60. The summed E-state index contributed by atoms with van der Waals surface area (Å²) in [5, 5.41) is 14.2. The van der Waals surface area contributed by atoms with Crippen LogP contribution in [0.15, 0.2) is 0 Å². The fourth-order valence-electron chi connectivity index (χ4n) is 5.61. The van der Waals surface area contributed by atoms with E-state index in [0.29, 0.717) is 19.1 Å². The Kier molecular flexibility index (Phi) is 3.02. The minimum absolute atomic E-state index is 0.00942. The van der Waals surface area contributed by atoms with E-state index in [0.717, 1.165) is 42.6 Å². The number of nitriles is 1. The predicted molar refractivity (Wildman–Crippen MR) is 84.7 cm³/mol. The van der Waals surface area contributed by atoms with Crippen molar-refractivity contribution in [3.8, 4) is 6.07 Å². The fourth-order valence-corrected chi connectivity index (χ4v) is 5.61.